The van der Waals surface area contributed by atoms with Crippen LogP contribution >= 0.6 is 11.8 Å². The van der Waals surface area contributed by atoms with Crippen LogP contribution in [0, 0.1) is 5.92 Å². The molecular weight excluding hydrogens is 364 g/mol. The van der Waals surface area contributed by atoms with Crippen LogP contribution in [0.15, 0.2) is 29.2 Å². The van der Waals surface area contributed by atoms with Crippen molar-refractivity contribution >= 4 is 28.9 Å². The standard InChI is InChI=1S/C20H26N2O4S/c1-21(2)20(25)27-17-9-5-6-14(10-17)13-26-19(24)15-11-18(23)22(12-15)16-7-3-4-8-16/h5-6,9-10,15-16H,3-4,7-8,11-13H2,1-2H3/t15-/m1/s1. The SMILES string of the molecule is CN(C)C(=O)Sc1cccc(COC(=O)[C@@H]2CC(=O)N(C3CCCC3)C2)c1. The highest BCUT2D eigenvalue weighted by Gasteiger charge is 2.39. The second-order valence-electron chi connectivity index (χ2n) is 7.40. The minimum atomic E-state index is -0.369. The average Bonchev–Trinajstić information content (AvgIpc) is 3.29. The maximum absolute atomic E-state index is 12.4. The van der Waals surface area contributed by atoms with Crippen molar-refractivity contribution in [3.8, 4) is 0 Å². The Balaban J connectivity index is 1.52. The summed E-state index contributed by atoms with van der Waals surface area (Å²) in [5, 5.41) is -0.0550. The summed E-state index contributed by atoms with van der Waals surface area (Å²) >= 11 is 1.14. The van der Waals surface area contributed by atoms with Gasteiger partial charge in [-0.3, -0.25) is 14.4 Å². The van der Waals surface area contributed by atoms with E-state index in [4.69, 9.17) is 4.74 Å². The molecule has 0 bridgehead atoms. The Labute approximate surface area is 164 Å². The van der Waals surface area contributed by atoms with Gasteiger partial charge in [0.15, 0.2) is 0 Å². The Kier molecular flexibility index (Phi) is 6.42. The molecule has 6 nitrogen and oxygen atoms in total. The van der Waals surface area contributed by atoms with Crippen LogP contribution in [0.25, 0.3) is 0 Å². The molecule has 3 rings (SSSR count). The van der Waals surface area contributed by atoms with E-state index in [9.17, 15) is 14.4 Å². The Hall–Kier alpha value is -2.02. The summed E-state index contributed by atoms with van der Waals surface area (Å²) in [6.45, 7) is 0.632. The molecule has 0 radical (unpaired) electrons. The van der Waals surface area contributed by atoms with Gasteiger partial charge in [-0.05, 0) is 42.3 Å². The second-order valence-corrected chi connectivity index (χ2v) is 8.43. The molecule has 1 saturated carbocycles. The van der Waals surface area contributed by atoms with Gasteiger partial charge in [0.05, 0.1) is 5.92 Å². The van der Waals surface area contributed by atoms with Gasteiger partial charge in [-0.25, -0.2) is 0 Å². The molecule has 1 heterocycles. The molecule has 0 aromatic heterocycles. The lowest BCUT2D eigenvalue weighted by Crippen LogP contribution is -2.35. The van der Waals surface area contributed by atoms with Crippen LogP contribution < -0.4 is 0 Å². The van der Waals surface area contributed by atoms with Crippen LogP contribution in [0.3, 0.4) is 0 Å². The van der Waals surface area contributed by atoms with Gasteiger partial charge in [0.25, 0.3) is 5.24 Å². The number of hydrogen-bond acceptors (Lipinski definition) is 5. The molecular formula is C20H26N2O4S. The summed E-state index contributed by atoms with van der Waals surface area (Å²) in [6.07, 6.45) is 4.66. The number of benzene rings is 1. The van der Waals surface area contributed by atoms with Crippen molar-refractivity contribution < 1.29 is 19.1 Å². The number of likely N-dealkylation sites (tertiary alicyclic amines) is 1. The topological polar surface area (TPSA) is 66.9 Å². The molecule has 27 heavy (non-hydrogen) atoms. The first-order chi connectivity index (χ1) is 12.9. The summed E-state index contributed by atoms with van der Waals surface area (Å²) in [6, 6.07) is 7.71. The molecule has 0 N–H and O–H groups in total. The van der Waals surface area contributed by atoms with Gasteiger partial charge < -0.3 is 14.5 Å². The van der Waals surface area contributed by atoms with E-state index in [-0.39, 0.29) is 36.1 Å². The van der Waals surface area contributed by atoms with E-state index < -0.39 is 0 Å². The number of thioether (sulfide) groups is 1. The van der Waals surface area contributed by atoms with E-state index in [2.05, 4.69) is 0 Å². The third kappa shape index (κ3) is 5.03. The lowest BCUT2D eigenvalue weighted by molar-refractivity contribution is -0.149. The normalized spacial score (nSPS) is 20.1. The zero-order chi connectivity index (χ0) is 19.4. The lowest BCUT2D eigenvalue weighted by atomic mass is 10.1. The monoisotopic (exact) mass is 390 g/mol. The fourth-order valence-electron chi connectivity index (χ4n) is 3.62. The van der Waals surface area contributed by atoms with Gasteiger partial charge in [0.2, 0.25) is 5.91 Å². The molecule has 2 fully saturated rings. The number of rotatable bonds is 5. The van der Waals surface area contributed by atoms with E-state index in [1.54, 1.807) is 14.1 Å². The number of carbonyl (C=O) groups is 3. The van der Waals surface area contributed by atoms with Crippen LogP contribution in [0.4, 0.5) is 4.79 Å². The molecule has 1 aromatic carbocycles. The zero-order valence-corrected chi connectivity index (χ0v) is 16.7. The number of hydrogen-bond donors (Lipinski definition) is 0. The number of amides is 2. The van der Waals surface area contributed by atoms with Crippen molar-refractivity contribution in [1.82, 2.24) is 9.80 Å². The predicted octanol–water partition coefficient (Wildman–Crippen LogP) is 3.29. The second kappa shape index (κ2) is 8.78. The van der Waals surface area contributed by atoms with E-state index in [0.29, 0.717) is 12.6 Å². The van der Waals surface area contributed by atoms with Crippen LogP contribution in [-0.4, -0.2) is 53.6 Å². The Morgan fingerprint density at radius 2 is 2.00 bits per heavy atom. The molecule has 7 heteroatoms. The highest BCUT2D eigenvalue weighted by molar-refractivity contribution is 8.13. The Morgan fingerprint density at radius 3 is 2.70 bits per heavy atom. The first kappa shape index (κ1) is 19.7. The number of esters is 1. The number of ether oxygens (including phenoxy) is 1. The summed E-state index contributed by atoms with van der Waals surface area (Å²) in [4.78, 5) is 40.7. The van der Waals surface area contributed by atoms with Crippen molar-refractivity contribution in [3.05, 3.63) is 29.8 Å². The first-order valence-corrected chi connectivity index (χ1v) is 10.2. The maximum Gasteiger partial charge on any atom is 0.311 e. The third-order valence-corrected chi connectivity index (χ3v) is 6.14. The summed E-state index contributed by atoms with van der Waals surface area (Å²) in [7, 11) is 3.41. The Morgan fingerprint density at radius 1 is 1.26 bits per heavy atom. The molecule has 1 aliphatic carbocycles. The first-order valence-electron chi connectivity index (χ1n) is 9.38. The van der Waals surface area contributed by atoms with Gasteiger partial charge in [0, 0.05) is 38.0 Å². The molecule has 1 atom stereocenters. The van der Waals surface area contributed by atoms with Crippen molar-refractivity contribution in [3.63, 3.8) is 0 Å². The quantitative estimate of drug-likeness (QED) is 0.570. The largest absolute Gasteiger partial charge is 0.461 e. The average molecular weight is 391 g/mol. The summed E-state index contributed by atoms with van der Waals surface area (Å²) < 4.78 is 5.46. The third-order valence-electron chi connectivity index (χ3n) is 5.11. The maximum atomic E-state index is 12.4. The van der Waals surface area contributed by atoms with E-state index >= 15 is 0 Å². The molecule has 1 saturated heterocycles. The van der Waals surface area contributed by atoms with Gasteiger partial charge >= 0.3 is 5.97 Å². The molecule has 1 aliphatic heterocycles. The Bertz CT molecular complexity index is 716. The van der Waals surface area contributed by atoms with Gasteiger partial charge in [0.1, 0.15) is 6.61 Å². The summed E-state index contributed by atoms with van der Waals surface area (Å²) in [5.41, 5.74) is 0.830. The fraction of sp³-hybridized carbons (Fsp3) is 0.550. The lowest BCUT2D eigenvalue weighted by Gasteiger charge is -2.23. The van der Waals surface area contributed by atoms with Gasteiger partial charge in [-0.15, -0.1) is 0 Å². The zero-order valence-electron chi connectivity index (χ0n) is 15.8. The van der Waals surface area contributed by atoms with Crippen LogP contribution in [0.1, 0.15) is 37.7 Å². The van der Waals surface area contributed by atoms with Crippen molar-refractivity contribution in [2.75, 3.05) is 20.6 Å². The number of carbonyl (C=O) groups excluding carboxylic acids is 3. The van der Waals surface area contributed by atoms with Crippen LogP contribution in [0.5, 0.6) is 0 Å². The minimum Gasteiger partial charge on any atom is -0.461 e. The number of nitrogens with zero attached hydrogens (tertiary/aromatic N) is 2. The molecule has 146 valence electrons. The van der Waals surface area contributed by atoms with Gasteiger partial charge in [-0.1, -0.05) is 25.0 Å². The van der Waals surface area contributed by atoms with E-state index in [0.717, 1.165) is 47.9 Å². The molecule has 2 aliphatic rings. The van der Waals surface area contributed by atoms with Crippen molar-refractivity contribution in [1.29, 1.82) is 0 Å². The van der Waals surface area contributed by atoms with Gasteiger partial charge in [-0.2, -0.15) is 0 Å². The van der Waals surface area contributed by atoms with Crippen LogP contribution in [-0.2, 0) is 20.9 Å². The molecule has 1 aromatic rings. The molecule has 2 amide bonds. The molecule has 0 unspecified atom stereocenters. The highest BCUT2D eigenvalue weighted by Crippen LogP contribution is 2.30. The summed E-state index contributed by atoms with van der Waals surface area (Å²) in [5.74, 6) is -0.610. The minimum absolute atomic E-state index is 0.0550. The van der Waals surface area contributed by atoms with Crippen molar-refractivity contribution in [2.45, 2.75) is 49.6 Å². The van der Waals surface area contributed by atoms with E-state index in [1.807, 2.05) is 29.2 Å². The fourth-order valence-corrected chi connectivity index (χ4v) is 4.36. The van der Waals surface area contributed by atoms with Crippen molar-refractivity contribution in [2.24, 2.45) is 5.92 Å². The predicted molar refractivity (Wildman–Crippen MR) is 103 cm³/mol. The molecule has 0 spiro atoms. The highest BCUT2D eigenvalue weighted by atomic mass is 32.2. The smallest absolute Gasteiger partial charge is 0.311 e. The van der Waals surface area contributed by atoms with E-state index in [1.165, 1.54) is 4.90 Å². The van der Waals surface area contributed by atoms with Crippen LogP contribution in [0.2, 0.25) is 0 Å².